The second-order valence-corrected chi connectivity index (χ2v) is 6.31. The number of nitrogens with one attached hydrogen (secondary N) is 1. The van der Waals surface area contributed by atoms with Gasteiger partial charge in [0, 0.05) is 35.7 Å². The minimum Gasteiger partial charge on any atom is -0.381 e. The average molecular weight is 254 g/mol. The largest absolute Gasteiger partial charge is 0.381 e. The van der Waals surface area contributed by atoms with E-state index in [9.17, 15) is 0 Å². The maximum absolute atomic E-state index is 5.71. The molecule has 2 rings (SSSR count). The van der Waals surface area contributed by atoms with Crippen LogP contribution >= 0.6 is 11.3 Å². The Morgan fingerprint density at radius 2 is 2.47 bits per heavy atom. The number of thiazole rings is 1. The second kappa shape index (κ2) is 5.94. The summed E-state index contributed by atoms with van der Waals surface area (Å²) in [5.41, 5.74) is 2.19. The third-order valence-corrected chi connectivity index (χ3v) is 4.10. The van der Waals surface area contributed by atoms with Crippen LogP contribution in [-0.4, -0.2) is 30.8 Å². The Balaban J connectivity index is 2.00. The van der Waals surface area contributed by atoms with Crippen molar-refractivity contribution in [3.63, 3.8) is 0 Å². The summed E-state index contributed by atoms with van der Waals surface area (Å²) in [6.45, 7) is 7.24. The number of ether oxygens (including phenoxy) is 1. The topological polar surface area (TPSA) is 34.2 Å². The third-order valence-electron chi connectivity index (χ3n) is 3.32. The van der Waals surface area contributed by atoms with Crippen molar-refractivity contribution in [3.05, 3.63) is 16.6 Å². The van der Waals surface area contributed by atoms with E-state index in [-0.39, 0.29) is 5.41 Å². The number of hydrogen-bond donors (Lipinski definition) is 1. The molecule has 0 radical (unpaired) electrons. The molecule has 1 N–H and O–H groups in total. The molecule has 1 saturated heterocycles. The van der Waals surface area contributed by atoms with Crippen molar-refractivity contribution in [1.29, 1.82) is 0 Å². The van der Waals surface area contributed by atoms with E-state index < -0.39 is 0 Å². The normalized spacial score (nSPS) is 25.4. The summed E-state index contributed by atoms with van der Waals surface area (Å²) in [6.07, 6.45) is 5.52. The van der Waals surface area contributed by atoms with Gasteiger partial charge in [-0.25, -0.2) is 0 Å². The van der Waals surface area contributed by atoms with Gasteiger partial charge in [-0.3, -0.25) is 4.98 Å². The van der Waals surface area contributed by atoms with Gasteiger partial charge in [0.1, 0.15) is 0 Å². The van der Waals surface area contributed by atoms with Crippen LogP contribution in [0.25, 0.3) is 0 Å². The van der Waals surface area contributed by atoms with Crippen LogP contribution in [-0.2, 0) is 11.2 Å². The standard InChI is InChI=1S/C13H22N2OS/c1-11(2)15-8-13(4-3-5-16-9-13)6-12-7-14-10-17-12/h7,10-11,15H,3-6,8-9H2,1-2H3. The highest BCUT2D eigenvalue weighted by atomic mass is 32.1. The quantitative estimate of drug-likeness (QED) is 0.876. The van der Waals surface area contributed by atoms with Crippen LogP contribution in [0.1, 0.15) is 31.6 Å². The Hall–Kier alpha value is -0.450. The Morgan fingerprint density at radius 1 is 1.59 bits per heavy atom. The summed E-state index contributed by atoms with van der Waals surface area (Å²) in [4.78, 5) is 5.55. The molecular weight excluding hydrogens is 232 g/mol. The zero-order valence-corrected chi connectivity index (χ0v) is 11.6. The number of rotatable bonds is 5. The van der Waals surface area contributed by atoms with E-state index >= 15 is 0 Å². The molecule has 1 atom stereocenters. The monoisotopic (exact) mass is 254 g/mol. The zero-order chi connectivity index (χ0) is 12.1. The van der Waals surface area contributed by atoms with Crippen molar-refractivity contribution in [2.45, 2.75) is 39.2 Å². The molecule has 0 aliphatic carbocycles. The van der Waals surface area contributed by atoms with Gasteiger partial charge in [-0.1, -0.05) is 13.8 Å². The summed E-state index contributed by atoms with van der Waals surface area (Å²) in [5, 5.41) is 3.57. The lowest BCUT2D eigenvalue weighted by atomic mass is 9.79. The first kappa shape index (κ1) is 13.0. The third kappa shape index (κ3) is 3.76. The molecule has 4 heteroatoms. The molecule has 0 aromatic carbocycles. The molecule has 1 unspecified atom stereocenters. The summed E-state index contributed by atoms with van der Waals surface area (Å²) in [7, 11) is 0. The molecule has 1 aliphatic heterocycles. The first-order valence-corrected chi connectivity index (χ1v) is 7.27. The fourth-order valence-electron chi connectivity index (χ4n) is 2.37. The van der Waals surface area contributed by atoms with Crippen molar-refractivity contribution in [3.8, 4) is 0 Å². The maximum atomic E-state index is 5.71. The van der Waals surface area contributed by atoms with Gasteiger partial charge in [-0.15, -0.1) is 11.3 Å². The van der Waals surface area contributed by atoms with Gasteiger partial charge in [-0.2, -0.15) is 0 Å². The highest BCUT2D eigenvalue weighted by Crippen LogP contribution is 2.33. The van der Waals surface area contributed by atoms with Crippen molar-refractivity contribution in [1.82, 2.24) is 10.3 Å². The summed E-state index contributed by atoms with van der Waals surface area (Å²) >= 11 is 1.75. The molecule has 96 valence electrons. The molecule has 1 fully saturated rings. The Bertz CT molecular complexity index is 318. The van der Waals surface area contributed by atoms with Gasteiger partial charge >= 0.3 is 0 Å². The lowest BCUT2D eigenvalue weighted by Crippen LogP contribution is -2.44. The van der Waals surface area contributed by atoms with Gasteiger partial charge in [0.15, 0.2) is 0 Å². The first-order chi connectivity index (χ1) is 8.20. The fraction of sp³-hybridized carbons (Fsp3) is 0.769. The predicted octanol–water partition coefficient (Wildman–Crippen LogP) is 2.48. The van der Waals surface area contributed by atoms with Gasteiger partial charge < -0.3 is 10.1 Å². The van der Waals surface area contributed by atoms with Crippen molar-refractivity contribution in [2.75, 3.05) is 19.8 Å². The predicted molar refractivity (Wildman–Crippen MR) is 71.4 cm³/mol. The van der Waals surface area contributed by atoms with E-state index in [1.54, 1.807) is 11.3 Å². The van der Waals surface area contributed by atoms with E-state index in [1.807, 2.05) is 11.7 Å². The van der Waals surface area contributed by atoms with E-state index in [4.69, 9.17) is 4.74 Å². The Kier molecular flexibility index (Phi) is 4.54. The summed E-state index contributed by atoms with van der Waals surface area (Å²) in [6, 6.07) is 0.537. The van der Waals surface area contributed by atoms with Crippen molar-refractivity contribution in [2.24, 2.45) is 5.41 Å². The number of hydrogen-bond acceptors (Lipinski definition) is 4. The minimum atomic E-state index is 0.273. The van der Waals surface area contributed by atoms with Gasteiger partial charge in [-0.05, 0) is 19.3 Å². The number of aromatic nitrogens is 1. The minimum absolute atomic E-state index is 0.273. The molecule has 0 saturated carbocycles. The molecule has 1 aliphatic rings. The van der Waals surface area contributed by atoms with Gasteiger partial charge in [0.25, 0.3) is 0 Å². The SMILES string of the molecule is CC(C)NCC1(Cc2cncs2)CCCOC1. The maximum Gasteiger partial charge on any atom is 0.0794 e. The molecule has 17 heavy (non-hydrogen) atoms. The lowest BCUT2D eigenvalue weighted by Gasteiger charge is -2.37. The zero-order valence-electron chi connectivity index (χ0n) is 10.7. The number of nitrogens with zero attached hydrogens (tertiary/aromatic N) is 1. The van der Waals surface area contributed by atoms with Crippen LogP contribution in [0.2, 0.25) is 0 Å². The molecule has 0 bridgehead atoms. The van der Waals surface area contributed by atoms with Crippen molar-refractivity contribution >= 4 is 11.3 Å². The van der Waals surface area contributed by atoms with Crippen LogP contribution in [0.5, 0.6) is 0 Å². The molecule has 0 spiro atoms. The fourth-order valence-corrected chi connectivity index (χ4v) is 3.14. The van der Waals surface area contributed by atoms with Gasteiger partial charge in [0.05, 0.1) is 12.1 Å². The average Bonchev–Trinajstić information content (AvgIpc) is 2.80. The smallest absolute Gasteiger partial charge is 0.0794 e. The molecule has 0 amide bonds. The van der Waals surface area contributed by atoms with Crippen LogP contribution in [0, 0.1) is 5.41 Å². The van der Waals surface area contributed by atoms with E-state index in [1.165, 1.54) is 17.7 Å². The molecule has 1 aromatic heterocycles. The van der Waals surface area contributed by atoms with Crippen LogP contribution < -0.4 is 5.32 Å². The second-order valence-electron chi connectivity index (χ2n) is 5.34. The molecular formula is C13H22N2OS. The van der Waals surface area contributed by atoms with Crippen LogP contribution in [0.4, 0.5) is 0 Å². The lowest BCUT2D eigenvalue weighted by molar-refractivity contribution is -0.00763. The van der Waals surface area contributed by atoms with Crippen LogP contribution in [0.3, 0.4) is 0 Å². The van der Waals surface area contributed by atoms with E-state index in [0.717, 1.165) is 26.2 Å². The summed E-state index contributed by atoms with van der Waals surface area (Å²) < 4.78 is 5.71. The Labute approximate surface area is 108 Å². The van der Waals surface area contributed by atoms with Crippen molar-refractivity contribution < 1.29 is 4.74 Å². The Morgan fingerprint density at radius 3 is 3.06 bits per heavy atom. The first-order valence-electron chi connectivity index (χ1n) is 6.39. The molecule has 1 aromatic rings. The molecule has 2 heterocycles. The van der Waals surface area contributed by atoms with E-state index in [0.29, 0.717) is 6.04 Å². The summed E-state index contributed by atoms with van der Waals surface area (Å²) in [5.74, 6) is 0. The molecule has 3 nitrogen and oxygen atoms in total. The highest BCUT2D eigenvalue weighted by Gasteiger charge is 2.33. The highest BCUT2D eigenvalue weighted by molar-refractivity contribution is 7.09. The van der Waals surface area contributed by atoms with Crippen LogP contribution in [0.15, 0.2) is 11.7 Å². The van der Waals surface area contributed by atoms with Gasteiger partial charge in [0.2, 0.25) is 0 Å². The van der Waals surface area contributed by atoms with E-state index in [2.05, 4.69) is 24.1 Å².